The number of methoxy groups -OCH3 is 2. The van der Waals surface area contributed by atoms with Crippen molar-refractivity contribution < 1.29 is 23.8 Å². The largest absolute Gasteiger partial charge is 0.497 e. The molecule has 25 heavy (non-hydrogen) atoms. The fourth-order valence-electron chi connectivity index (χ4n) is 2.43. The Morgan fingerprint density at radius 3 is 2.52 bits per heavy atom. The molecule has 1 heterocycles. The average Bonchev–Trinajstić information content (AvgIpc) is 2.65. The van der Waals surface area contributed by atoms with Gasteiger partial charge in [0.1, 0.15) is 17.2 Å². The molecule has 2 aromatic rings. The van der Waals surface area contributed by atoms with Crippen molar-refractivity contribution in [1.82, 2.24) is 0 Å². The van der Waals surface area contributed by atoms with Crippen LogP contribution < -0.4 is 19.5 Å². The van der Waals surface area contributed by atoms with Gasteiger partial charge < -0.3 is 19.5 Å². The predicted molar refractivity (Wildman–Crippen MR) is 93.5 cm³/mol. The van der Waals surface area contributed by atoms with Crippen molar-refractivity contribution in [1.29, 1.82) is 0 Å². The summed E-state index contributed by atoms with van der Waals surface area (Å²) in [7, 11) is 3.13. The summed E-state index contributed by atoms with van der Waals surface area (Å²) in [6, 6.07) is 10.3. The van der Waals surface area contributed by atoms with E-state index >= 15 is 0 Å². The first-order chi connectivity index (χ1) is 12.1. The number of carbonyl (C=O) groups excluding carboxylic acids is 2. The second kappa shape index (κ2) is 7.09. The molecule has 0 atom stereocenters. The van der Waals surface area contributed by atoms with Crippen molar-refractivity contribution in [2.24, 2.45) is 0 Å². The first-order valence-corrected chi connectivity index (χ1v) is 7.61. The smallest absolute Gasteiger partial charge is 0.262 e. The first kappa shape index (κ1) is 16.6. The third-order valence-electron chi connectivity index (χ3n) is 3.70. The van der Waals surface area contributed by atoms with Crippen molar-refractivity contribution in [2.75, 3.05) is 26.1 Å². The topological polar surface area (TPSA) is 73.9 Å². The summed E-state index contributed by atoms with van der Waals surface area (Å²) in [5.74, 6) is 1.40. The van der Waals surface area contributed by atoms with Crippen molar-refractivity contribution in [2.45, 2.75) is 0 Å². The Labute approximate surface area is 145 Å². The fraction of sp³-hybridized carbons (Fsp3) is 0.158. The molecule has 6 heteroatoms. The molecule has 1 aliphatic rings. The summed E-state index contributed by atoms with van der Waals surface area (Å²) in [5.41, 5.74) is 1.73. The fourth-order valence-corrected chi connectivity index (χ4v) is 2.43. The summed E-state index contributed by atoms with van der Waals surface area (Å²) in [6.07, 6.45) is 3.14. The standard InChI is InChI=1S/C19H17NO5/c1-23-14-7-12(8-15(10-14)24-2)3-5-17(21)13-4-6-18-16(9-13)20-19(22)11-25-18/h3-10H,11H2,1-2H3,(H,20,22)/b5-3+. The highest BCUT2D eigenvalue weighted by Crippen LogP contribution is 2.29. The SMILES string of the molecule is COc1cc(/C=C/C(=O)c2ccc3c(c2)NC(=O)CO3)cc(OC)c1. The number of rotatable bonds is 5. The number of ketones is 1. The summed E-state index contributed by atoms with van der Waals surface area (Å²) in [5, 5.41) is 2.69. The first-order valence-electron chi connectivity index (χ1n) is 7.61. The van der Waals surface area contributed by atoms with E-state index in [2.05, 4.69) is 5.32 Å². The van der Waals surface area contributed by atoms with Crippen LogP contribution in [0.1, 0.15) is 15.9 Å². The third kappa shape index (κ3) is 3.80. The third-order valence-corrected chi connectivity index (χ3v) is 3.70. The molecule has 1 amide bonds. The van der Waals surface area contributed by atoms with Gasteiger partial charge in [-0.3, -0.25) is 9.59 Å². The molecule has 0 fully saturated rings. The van der Waals surface area contributed by atoms with E-state index in [0.717, 1.165) is 5.56 Å². The molecule has 1 N–H and O–H groups in total. The molecular formula is C19H17NO5. The Morgan fingerprint density at radius 2 is 1.84 bits per heavy atom. The number of ether oxygens (including phenoxy) is 3. The van der Waals surface area contributed by atoms with Crippen LogP contribution >= 0.6 is 0 Å². The van der Waals surface area contributed by atoms with Gasteiger partial charge in [-0.05, 0) is 42.0 Å². The molecule has 0 radical (unpaired) electrons. The zero-order valence-corrected chi connectivity index (χ0v) is 13.9. The van der Waals surface area contributed by atoms with E-state index in [9.17, 15) is 9.59 Å². The minimum Gasteiger partial charge on any atom is -0.497 e. The average molecular weight is 339 g/mol. The molecule has 0 aromatic heterocycles. The molecule has 3 rings (SSSR count). The Morgan fingerprint density at radius 1 is 1.12 bits per heavy atom. The van der Waals surface area contributed by atoms with Crippen LogP contribution in [0, 0.1) is 0 Å². The van der Waals surface area contributed by atoms with Gasteiger partial charge in [0, 0.05) is 11.6 Å². The highest BCUT2D eigenvalue weighted by molar-refractivity contribution is 6.08. The molecule has 0 saturated carbocycles. The number of allylic oxidation sites excluding steroid dienone is 1. The van der Waals surface area contributed by atoms with Gasteiger partial charge in [0.15, 0.2) is 12.4 Å². The van der Waals surface area contributed by atoms with Gasteiger partial charge in [-0.2, -0.15) is 0 Å². The lowest BCUT2D eigenvalue weighted by atomic mass is 10.1. The van der Waals surface area contributed by atoms with Crippen LogP contribution in [0.25, 0.3) is 6.08 Å². The second-order valence-corrected chi connectivity index (χ2v) is 5.39. The zero-order chi connectivity index (χ0) is 17.8. The molecule has 0 unspecified atom stereocenters. The second-order valence-electron chi connectivity index (χ2n) is 5.39. The zero-order valence-electron chi connectivity index (χ0n) is 13.9. The molecule has 0 bridgehead atoms. The number of nitrogens with one attached hydrogen (secondary N) is 1. The van der Waals surface area contributed by atoms with Gasteiger partial charge in [0.05, 0.1) is 19.9 Å². The van der Waals surface area contributed by atoms with Crippen LogP contribution in [-0.2, 0) is 4.79 Å². The molecule has 2 aromatic carbocycles. The summed E-state index contributed by atoms with van der Waals surface area (Å²) in [4.78, 5) is 23.8. The number of fused-ring (bicyclic) bond motifs is 1. The van der Waals surface area contributed by atoms with Crippen LogP contribution in [-0.4, -0.2) is 32.5 Å². The molecule has 0 spiro atoms. The predicted octanol–water partition coefficient (Wildman–Crippen LogP) is 2.93. The molecular weight excluding hydrogens is 322 g/mol. The van der Waals surface area contributed by atoms with E-state index in [1.165, 1.54) is 6.08 Å². The van der Waals surface area contributed by atoms with Crippen LogP contribution in [0.2, 0.25) is 0 Å². The van der Waals surface area contributed by atoms with E-state index in [1.54, 1.807) is 56.7 Å². The molecule has 128 valence electrons. The molecule has 6 nitrogen and oxygen atoms in total. The quantitative estimate of drug-likeness (QED) is 0.670. The highest BCUT2D eigenvalue weighted by Gasteiger charge is 2.17. The highest BCUT2D eigenvalue weighted by atomic mass is 16.5. The van der Waals surface area contributed by atoms with Crippen LogP contribution in [0.5, 0.6) is 17.2 Å². The maximum Gasteiger partial charge on any atom is 0.262 e. The van der Waals surface area contributed by atoms with E-state index in [0.29, 0.717) is 28.5 Å². The van der Waals surface area contributed by atoms with Crippen LogP contribution in [0.15, 0.2) is 42.5 Å². The van der Waals surface area contributed by atoms with E-state index in [-0.39, 0.29) is 18.3 Å². The lowest BCUT2D eigenvalue weighted by Crippen LogP contribution is -2.25. The summed E-state index contributed by atoms with van der Waals surface area (Å²) < 4.78 is 15.7. The number of amides is 1. The van der Waals surface area contributed by atoms with Gasteiger partial charge >= 0.3 is 0 Å². The van der Waals surface area contributed by atoms with Gasteiger partial charge in [-0.15, -0.1) is 0 Å². The Bertz CT molecular complexity index is 835. The van der Waals surface area contributed by atoms with Crippen molar-refractivity contribution >= 4 is 23.5 Å². The van der Waals surface area contributed by atoms with Gasteiger partial charge in [0.2, 0.25) is 0 Å². The van der Waals surface area contributed by atoms with E-state index < -0.39 is 0 Å². The molecule has 0 saturated heterocycles. The van der Waals surface area contributed by atoms with Crippen molar-refractivity contribution in [3.8, 4) is 17.2 Å². The normalized spacial score (nSPS) is 13.0. The molecule has 0 aliphatic carbocycles. The Hall–Kier alpha value is -3.28. The number of benzene rings is 2. The van der Waals surface area contributed by atoms with Gasteiger partial charge in [-0.1, -0.05) is 6.08 Å². The minimum absolute atomic E-state index is 0.0160. The number of carbonyl (C=O) groups is 2. The van der Waals surface area contributed by atoms with Crippen LogP contribution in [0.3, 0.4) is 0 Å². The van der Waals surface area contributed by atoms with Gasteiger partial charge in [0.25, 0.3) is 5.91 Å². The maximum atomic E-state index is 12.4. The maximum absolute atomic E-state index is 12.4. The van der Waals surface area contributed by atoms with Crippen molar-refractivity contribution in [3.63, 3.8) is 0 Å². The lowest BCUT2D eigenvalue weighted by Gasteiger charge is -2.17. The molecule has 1 aliphatic heterocycles. The Balaban J connectivity index is 1.81. The Kier molecular flexibility index (Phi) is 4.70. The van der Waals surface area contributed by atoms with E-state index in [1.807, 2.05) is 0 Å². The van der Waals surface area contributed by atoms with Crippen molar-refractivity contribution in [3.05, 3.63) is 53.6 Å². The number of anilines is 1. The van der Waals surface area contributed by atoms with Gasteiger partial charge in [-0.25, -0.2) is 0 Å². The number of hydrogen-bond donors (Lipinski definition) is 1. The van der Waals surface area contributed by atoms with Crippen LogP contribution in [0.4, 0.5) is 5.69 Å². The monoisotopic (exact) mass is 339 g/mol. The lowest BCUT2D eigenvalue weighted by molar-refractivity contribution is -0.118. The van der Waals surface area contributed by atoms with E-state index in [4.69, 9.17) is 14.2 Å². The summed E-state index contributed by atoms with van der Waals surface area (Å²) in [6.45, 7) is -0.0160. The minimum atomic E-state index is -0.240. The number of hydrogen-bond acceptors (Lipinski definition) is 5. The summed E-state index contributed by atoms with van der Waals surface area (Å²) >= 11 is 0.